The predicted octanol–water partition coefficient (Wildman–Crippen LogP) is 3.81. The van der Waals surface area contributed by atoms with Crippen molar-refractivity contribution in [1.29, 1.82) is 0 Å². The van der Waals surface area contributed by atoms with Crippen molar-refractivity contribution in [3.63, 3.8) is 0 Å². The molecule has 148 valence electrons. The molecule has 0 radical (unpaired) electrons. The third-order valence-corrected chi connectivity index (χ3v) is 5.67. The number of para-hydroxylation sites is 1. The minimum Gasteiger partial charge on any atom is -0.508 e. The third kappa shape index (κ3) is 3.49. The van der Waals surface area contributed by atoms with Gasteiger partial charge in [-0.1, -0.05) is 42.5 Å². The number of aliphatic hydroxyl groups excluding tert-OH is 1. The van der Waals surface area contributed by atoms with Gasteiger partial charge in [-0.2, -0.15) is 0 Å². The highest BCUT2D eigenvalue weighted by Crippen LogP contribution is 2.43. The molecule has 0 saturated carbocycles. The highest BCUT2D eigenvalue weighted by atomic mass is 19.1. The largest absolute Gasteiger partial charge is 0.508 e. The molecule has 2 N–H and O–H groups in total. The fourth-order valence-corrected chi connectivity index (χ4v) is 3.97. The molecule has 1 amide bonds. The summed E-state index contributed by atoms with van der Waals surface area (Å²) in [4.78, 5) is 15.0. The van der Waals surface area contributed by atoms with Crippen molar-refractivity contribution >= 4 is 11.6 Å². The average Bonchev–Trinajstić information content (AvgIpc) is 2.74. The average molecular weight is 391 g/mol. The minimum atomic E-state index is -1.07. The molecule has 4 rings (SSSR count). The maximum Gasteiger partial charge on any atom is 0.242 e. The standard InChI is InChI=1S/C24H22FNO3/c25-19-11-6-17(7-12-19)8-15-22(28)24(18-9-13-21(27)14-10-18)16-26(23(24)29)20-4-2-1-3-5-20/h1-7,9-14,22,27-28H,8,15-16H2/t22?,24-/m0/s1. The van der Waals surface area contributed by atoms with Crippen molar-refractivity contribution < 1.29 is 19.4 Å². The molecule has 1 saturated heterocycles. The fourth-order valence-electron chi connectivity index (χ4n) is 3.97. The van der Waals surface area contributed by atoms with Crippen molar-refractivity contribution in [3.05, 3.63) is 95.8 Å². The fraction of sp³-hybridized carbons (Fsp3) is 0.208. The maximum absolute atomic E-state index is 13.3. The van der Waals surface area contributed by atoms with Gasteiger partial charge in [0.15, 0.2) is 0 Å². The molecule has 1 unspecified atom stereocenters. The first kappa shape index (κ1) is 19.2. The van der Waals surface area contributed by atoms with Gasteiger partial charge in [-0.25, -0.2) is 4.39 Å². The Kier molecular flexibility index (Phi) is 5.07. The number of aromatic hydroxyl groups is 1. The third-order valence-electron chi connectivity index (χ3n) is 5.67. The van der Waals surface area contributed by atoms with Crippen LogP contribution >= 0.6 is 0 Å². The molecule has 0 bridgehead atoms. The molecule has 4 nitrogen and oxygen atoms in total. The quantitative estimate of drug-likeness (QED) is 0.628. The van der Waals surface area contributed by atoms with Gasteiger partial charge in [-0.3, -0.25) is 4.79 Å². The van der Waals surface area contributed by atoms with E-state index in [1.807, 2.05) is 30.3 Å². The van der Waals surface area contributed by atoms with Gasteiger partial charge in [-0.15, -0.1) is 0 Å². The summed E-state index contributed by atoms with van der Waals surface area (Å²) in [5.74, 6) is -0.361. The van der Waals surface area contributed by atoms with Crippen LogP contribution in [0.5, 0.6) is 5.75 Å². The number of β-lactam (4-membered cyclic amide) rings is 1. The van der Waals surface area contributed by atoms with Gasteiger partial charge in [0.05, 0.1) is 6.10 Å². The lowest BCUT2D eigenvalue weighted by Gasteiger charge is -2.51. The minimum absolute atomic E-state index is 0.108. The highest BCUT2D eigenvalue weighted by Gasteiger charge is 2.58. The second-order valence-corrected chi connectivity index (χ2v) is 7.43. The number of aliphatic hydroxyl groups is 1. The van der Waals surface area contributed by atoms with Crippen LogP contribution in [-0.2, 0) is 16.6 Å². The van der Waals surface area contributed by atoms with E-state index < -0.39 is 11.5 Å². The lowest BCUT2D eigenvalue weighted by atomic mass is 9.67. The van der Waals surface area contributed by atoms with E-state index in [2.05, 4.69) is 0 Å². The summed E-state index contributed by atoms with van der Waals surface area (Å²) in [6.45, 7) is 0.352. The normalized spacial score (nSPS) is 19.7. The molecular weight excluding hydrogens is 369 g/mol. The highest BCUT2D eigenvalue weighted by molar-refractivity contribution is 6.09. The van der Waals surface area contributed by atoms with Crippen LogP contribution in [0, 0.1) is 5.82 Å². The number of hydrogen-bond acceptors (Lipinski definition) is 3. The molecule has 0 aliphatic carbocycles. The first-order chi connectivity index (χ1) is 14.0. The van der Waals surface area contributed by atoms with Crippen molar-refractivity contribution in [3.8, 4) is 5.75 Å². The Morgan fingerprint density at radius 1 is 0.966 bits per heavy atom. The number of hydrogen-bond donors (Lipinski definition) is 2. The van der Waals surface area contributed by atoms with E-state index in [-0.39, 0.29) is 17.5 Å². The maximum atomic E-state index is 13.3. The topological polar surface area (TPSA) is 60.8 Å². The molecule has 1 fully saturated rings. The van der Waals surface area contributed by atoms with Gasteiger partial charge < -0.3 is 15.1 Å². The summed E-state index contributed by atoms with van der Waals surface area (Å²) < 4.78 is 13.1. The Bertz CT molecular complexity index is 989. The van der Waals surface area contributed by atoms with Crippen LogP contribution in [-0.4, -0.2) is 28.8 Å². The molecule has 2 atom stereocenters. The van der Waals surface area contributed by atoms with E-state index in [9.17, 15) is 19.4 Å². The van der Waals surface area contributed by atoms with Crippen LogP contribution in [0.1, 0.15) is 17.5 Å². The SMILES string of the molecule is O=C1N(c2ccccc2)C[C@]1(c1ccc(O)cc1)C(O)CCc1ccc(F)cc1. The van der Waals surface area contributed by atoms with Crippen molar-refractivity contribution in [2.45, 2.75) is 24.4 Å². The summed E-state index contributed by atoms with van der Waals surface area (Å²) in [6, 6.07) is 22.0. The first-order valence-corrected chi connectivity index (χ1v) is 9.60. The number of carbonyl (C=O) groups is 1. The van der Waals surface area contributed by atoms with Crippen LogP contribution in [0.15, 0.2) is 78.9 Å². The van der Waals surface area contributed by atoms with Crippen molar-refractivity contribution in [1.82, 2.24) is 0 Å². The Labute approximate surface area is 168 Å². The smallest absolute Gasteiger partial charge is 0.242 e. The van der Waals surface area contributed by atoms with Crippen LogP contribution < -0.4 is 4.90 Å². The second-order valence-electron chi connectivity index (χ2n) is 7.43. The van der Waals surface area contributed by atoms with E-state index in [4.69, 9.17) is 0 Å². The number of phenolic OH excluding ortho intramolecular Hbond substituents is 1. The van der Waals surface area contributed by atoms with E-state index in [1.54, 1.807) is 29.2 Å². The molecule has 3 aromatic carbocycles. The number of rotatable bonds is 6. The van der Waals surface area contributed by atoms with Gasteiger partial charge in [0.25, 0.3) is 0 Å². The lowest BCUT2D eigenvalue weighted by Crippen LogP contribution is -2.69. The van der Waals surface area contributed by atoms with E-state index >= 15 is 0 Å². The molecule has 3 aromatic rings. The zero-order valence-electron chi connectivity index (χ0n) is 15.8. The molecule has 5 heteroatoms. The first-order valence-electron chi connectivity index (χ1n) is 9.60. The van der Waals surface area contributed by atoms with Gasteiger partial charge in [0, 0.05) is 12.2 Å². The Morgan fingerprint density at radius 2 is 1.62 bits per heavy atom. The number of phenols is 1. The molecule has 0 aromatic heterocycles. The van der Waals surface area contributed by atoms with E-state index in [0.29, 0.717) is 24.9 Å². The number of amides is 1. The lowest BCUT2D eigenvalue weighted by molar-refractivity contribution is -0.135. The number of halogens is 1. The Hall–Kier alpha value is -3.18. The van der Waals surface area contributed by atoms with E-state index in [0.717, 1.165) is 11.3 Å². The van der Waals surface area contributed by atoms with Gasteiger partial charge >= 0.3 is 0 Å². The number of anilines is 1. The number of aryl methyl sites for hydroxylation is 1. The van der Waals surface area contributed by atoms with Crippen molar-refractivity contribution in [2.75, 3.05) is 11.4 Å². The van der Waals surface area contributed by atoms with E-state index in [1.165, 1.54) is 24.3 Å². The van der Waals surface area contributed by atoms with Gasteiger partial charge in [-0.05, 0) is 60.4 Å². The molecule has 1 heterocycles. The zero-order chi connectivity index (χ0) is 20.4. The summed E-state index contributed by atoms with van der Waals surface area (Å²) in [5, 5.41) is 20.7. The second kappa shape index (κ2) is 7.68. The summed E-state index contributed by atoms with van der Waals surface area (Å²) in [6.07, 6.45) is -0.0228. The monoisotopic (exact) mass is 391 g/mol. The predicted molar refractivity (Wildman–Crippen MR) is 109 cm³/mol. The molecule has 29 heavy (non-hydrogen) atoms. The van der Waals surface area contributed by atoms with Crippen LogP contribution in [0.2, 0.25) is 0 Å². The Morgan fingerprint density at radius 3 is 2.24 bits per heavy atom. The summed E-state index contributed by atoms with van der Waals surface area (Å²) in [5.41, 5.74) is 1.30. The van der Waals surface area contributed by atoms with Crippen LogP contribution in [0.3, 0.4) is 0 Å². The molecular formula is C24H22FNO3. The number of benzene rings is 3. The Balaban J connectivity index is 1.60. The van der Waals surface area contributed by atoms with Gasteiger partial charge in [0.2, 0.25) is 5.91 Å². The van der Waals surface area contributed by atoms with Crippen LogP contribution in [0.25, 0.3) is 0 Å². The summed E-state index contributed by atoms with van der Waals surface area (Å²) >= 11 is 0. The molecule has 1 aliphatic heterocycles. The molecule has 0 spiro atoms. The number of nitrogens with zero attached hydrogens (tertiary/aromatic N) is 1. The molecule has 1 aliphatic rings. The number of carbonyl (C=O) groups excluding carboxylic acids is 1. The summed E-state index contributed by atoms with van der Waals surface area (Å²) in [7, 11) is 0. The van der Waals surface area contributed by atoms with Crippen molar-refractivity contribution in [2.24, 2.45) is 0 Å². The van der Waals surface area contributed by atoms with Crippen LogP contribution in [0.4, 0.5) is 10.1 Å². The van der Waals surface area contributed by atoms with Gasteiger partial charge in [0.1, 0.15) is 17.0 Å². The zero-order valence-corrected chi connectivity index (χ0v) is 15.8.